The van der Waals surface area contributed by atoms with Gasteiger partial charge >= 0.3 is 0 Å². The monoisotopic (exact) mass is 342 g/mol. The minimum atomic E-state index is -0.526. The molecule has 0 unspecified atom stereocenters. The molecule has 0 aliphatic carbocycles. The summed E-state index contributed by atoms with van der Waals surface area (Å²) in [5.41, 5.74) is 0.275. The highest BCUT2D eigenvalue weighted by atomic mass is 79.9. The Hall–Kier alpha value is -1.14. The number of thiazole rings is 1. The normalized spacial score (nSPS) is 11.6. The van der Waals surface area contributed by atoms with Crippen LogP contribution in [0.1, 0.15) is 39.9 Å². The second-order valence-electron chi connectivity index (χ2n) is 4.92. The van der Waals surface area contributed by atoms with Crippen molar-refractivity contribution in [2.24, 2.45) is 0 Å². The summed E-state index contributed by atoms with van der Waals surface area (Å²) in [5.74, 6) is 0.0919. The Kier molecular flexibility index (Phi) is 3.82. The van der Waals surface area contributed by atoms with Crippen LogP contribution in [0.3, 0.4) is 0 Å². The average Bonchev–Trinajstić information content (AvgIpc) is 2.84. The van der Waals surface area contributed by atoms with E-state index in [0.29, 0.717) is 10.4 Å². The Bertz CT molecular complexity index is 616. The summed E-state index contributed by atoms with van der Waals surface area (Å²) in [6.45, 7) is 7.68. The van der Waals surface area contributed by atoms with Gasteiger partial charge in [-0.15, -0.1) is 11.3 Å². The molecule has 1 N–H and O–H groups in total. The van der Waals surface area contributed by atoms with E-state index in [1.54, 1.807) is 17.4 Å². The molecule has 0 saturated heterocycles. The number of nitrogens with one attached hydrogen (secondary N) is 1. The van der Waals surface area contributed by atoms with Gasteiger partial charge in [0, 0.05) is 16.6 Å². The topological polar surface area (TPSA) is 55.1 Å². The molecule has 102 valence electrons. The molecule has 1 amide bonds. The molecule has 0 bridgehead atoms. The van der Waals surface area contributed by atoms with Gasteiger partial charge in [0.1, 0.15) is 5.01 Å². The Labute approximate surface area is 124 Å². The summed E-state index contributed by atoms with van der Waals surface area (Å²) in [4.78, 5) is 17.7. The van der Waals surface area contributed by atoms with Crippen molar-refractivity contribution in [3.63, 3.8) is 0 Å². The van der Waals surface area contributed by atoms with Crippen molar-refractivity contribution in [3.05, 3.63) is 38.1 Å². The van der Waals surface area contributed by atoms with Crippen LogP contribution in [0.5, 0.6) is 0 Å². The first-order valence-corrected chi connectivity index (χ1v) is 7.42. The summed E-state index contributed by atoms with van der Waals surface area (Å²) in [7, 11) is 0. The standard InChI is InChI=1S/C13H15BrN2O2S/c1-7-5-9(14)18-10(7)11(17)16-13(3,4)12-15-6-8(2)19-12/h5-6H,1-4H3,(H,16,17). The van der Waals surface area contributed by atoms with Crippen LogP contribution in [-0.4, -0.2) is 10.9 Å². The first-order chi connectivity index (χ1) is 8.79. The number of aryl methyl sites for hydroxylation is 2. The average molecular weight is 343 g/mol. The number of amides is 1. The van der Waals surface area contributed by atoms with Crippen molar-refractivity contribution in [3.8, 4) is 0 Å². The van der Waals surface area contributed by atoms with Gasteiger partial charge in [0.05, 0.1) is 5.54 Å². The van der Waals surface area contributed by atoms with Gasteiger partial charge in [-0.05, 0) is 49.7 Å². The summed E-state index contributed by atoms with van der Waals surface area (Å²) in [6.07, 6.45) is 1.81. The van der Waals surface area contributed by atoms with Gasteiger partial charge in [0.25, 0.3) is 5.91 Å². The van der Waals surface area contributed by atoms with E-state index < -0.39 is 5.54 Å². The van der Waals surface area contributed by atoms with Crippen LogP contribution in [0, 0.1) is 13.8 Å². The third kappa shape index (κ3) is 3.06. The fraction of sp³-hybridized carbons (Fsp3) is 0.385. The molecule has 0 atom stereocenters. The van der Waals surface area contributed by atoms with Crippen LogP contribution >= 0.6 is 27.3 Å². The number of halogens is 1. The van der Waals surface area contributed by atoms with Crippen molar-refractivity contribution >= 4 is 33.2 Å². The molecule has 0 aliphatic heterocycles. The second-order valence-corrected chi connectivity index (χ2v) is 6.93. The van der Waals surface area contributed by atoms with Gasteiger partial charge in [-0.25, -0.2) is 4.98 Å². The van der Waals surface area contributed by atoms with E-state index >= 15 is 0 Å². The van der Waals surface area contributed by atoms with E-state index in [1.165, 1.54) is 0 Å². The van der Waals surface area contributed by atoms with Gasteiger partial charge in [-0.1, -0.05) is 0 Å². The molecule has 19 heavy (non-hydrogen) atoms. The van der Waals surface area contributed by atoms with Crippen molar-refractivity contribution < 1.29 is 9.21 Å². The maximum Gasteiger partial charge on any atom is 0.288 e. The molecule has 0 aromatic carbocycles. The van der Waals surface area contributed by atoms with E-state index in [2.05, 4.69) is 26.2 Å². The number of carbonyl (C=O) groups is 1. The van der Waals surface area contributed by atoms with E-state index in [-0.39, 0.29) is 5.91 Å². The number of furan rings is 1. The first kappa shape index (κ1) is 14.3. The lowest BCUT2D eigenvalue weighted by molar-refractivity contribution is 0.0881. The second kappa shape index (κ2) is 5.09. The summed E-state index contributed by atoms with van der Waals surface area (Å²) >= 11 is 4.80. The van der Waals surface area contributed by atoms with Crippen molar-refractivity contribution in [1.82, 2.24) is 10.3 Å². The Balaban J connectivity index is 2.20. The van der Waals surface area contributed by atoms with E-state index in [1.807, 2.05) is 33.9 Å². The van der Waals surface area contributed by atoms with E-state index in [9.17, 15) is 4.79 Å². The van der Waals surface area contributed by atoms with Gasteiger partial charge in [-0.2, -0.15) is 0 Å². The number of hydrogen-bond acceptors (Lipinski definition) is 4. The van der Waals surface area contributed by atoms with Gasteiger partial charge in [-0.3, -0.25) is 4.79 Å². The smallest absolute Gasteiger partial charge is 0.288 e. The molecule has 0 radical (unpaired) electrons. The Morgan fingerprint density at radius 3 is 2.63 bits per heavy atom. The number of nitrogens with zero attached hydrogens (tertiary/aromatic N) is 1. The minimum absolute atomic E-state index is 0.235. The lowest BCUT2D eigenvalue weighted by atomic mass is 10.1. The quantitative estimate of drug-likeness (QED) is 0.923. The van der Waals surface area contributed by atoms with Gasteiger partial charge in [0.15, 0.2) is 10.4 Å². The molecule has 2 rings (SSSR count). The SMILES string of the molecule is Cc1cnc(C(C)(C)NC(=O)c2oc(Br)cc2C)s1. The van der Waals surface area contributed by atoms with E-state index in [0.717, 1.165) is 15.4 Å². The zero-order valence-corrected chi connectivity index (χ0v) is 13.6. The third-order valence-corrected chi connectivity index (χ3v) is 4.30. The van der Waals surface area contributed by atoms with Crippen molar-refractivity contribution in [2.45, 2.75) is 33.2 Å². The molecule has 2 aromatic rings. The Morgan fingerprint density at radius 2 is 2.16 bits per heavy atom. The predicted octanol–water partition coefficient (Wildman–Crippen LogP) is 3.78. The molecular weight excluding hydrogens is 328 g/mol. The van der Waals surface area contributed by atoms with Crippen molar-refractivity contribution in [1.29, 1.82) is 0 Å². The van der Waals surface area contributed by atoms with Crippen LogP contribution in [0.2, 0.25) is 0 Å². The molecule has 0 aliphatic rings. The molecule has 6 heteroatoms. The maximum absolute atomic E-state index is 12.2. The zero-order chi connectivity index (χ0) is 14.2. The molecule has 0 fully saturated rings. The predicted molar refractivity (Wildman–Crippen MR) is 78.5 cm³/mol. The fourth-order valence-electron chi connectivity index (χ4n) is 1.71. The number of aromatic nitrogens is 1. The fourth-order valence-corrected chi connectivity index (χ4v) is 3.03. The first-order valence-electron chi connectivity index (χ1n) is 5.81. The highest BCUT2D eigenvalue weighted by molar-refractivity contribution is 9.10. The molecular formula is C13H15BrN2O2S. The maximum atomic E-state index is 12.2. The molecule has 2 aromatic heterocycles. The molecule has 0 spiro atoms. The Morgan fingerprint density at radius 1 is 1.47 bits per heavy atom. The highest BCUT2D eigenvalue weighted by Gasteiger charge is 2.28. The molecule has 4 nitrogen and oxygen atoms in total. The number of carbonyl (C=O) groups excluding carboxylic acids is 1. The van der Waals surface area contributed by atoms with Gasteiger partial charge < -0.3 is 9.73 Å². The number of hydrogen-bond donors (Lipinski definition) is 1. The lowest BCUT2D eigenvalue weighted by Crippen LogP contribution is -2.41. The van der Waals surface area contributed by atoms with Crippen molar-refractivity contribution in [2.75, 3.05) is 0 Å². The number of rotatable bonds is 3. The largest absolute Gasteiger partial charge is 0.444 e. The van der Waals surface area contributed by atoms with Crippen LogP contribution in [0.15, 0.2) is 21.3 Å². The van der Waals surface area contributed by atoms with E-state index in [4.69, 9.17) is 4.42 Å². The summed E-state index contributed by atoms with van der Waals surface area (Å²) in [5, 5.41) is 3.83. The van der Waals surface area contributed by atoms with Crippen LogP contribution in [-0.2, 0) is 5.54 Å². The molecule has 0 saturated carbocycles. The summed E-state index contributed by atoms with van der Waals surface area (Å²) < 4.78 is 5.90. The highest BCUT2D eigenvalue weighted by Crippen LogP contribution is 2.26. The zero-order valence-electron chi connectivity index (χ0n) is 11.2. The molecule has 2 heterocycles. The minimum Gasteiger partial charge on any atom is -0.444 e. The van der Waals surface area contributed by atoms with Gasteiger partial charge in [0.2, 0.25) is 0 Å². The van der Waals surface area contributed by atoms with Crippen LogP contribution in [0.25, 0.3) is 0 Å². The lowest BCUT2D eigenvalue weighted by Gasteiger charge is -2.23. The third-order valence-electron chi connectivity index (χ3n) is 2.68. The summed E-state index contributed by atoms with van der Waals surface area (Å²) in [6, 6.07) is 1.77. The van der Waals surface area contributed by atoms with Crippen LogP contribution < -0.4 is 5.32 Å². The van der Waals surface area contributed by atoms with Crippen LogP contribution in [0.4, 0.5) is 0 Å².